The van der Waals surface area contributed by atoms with Crippen LogP contribution in [0.25, 0.3) is 0 Å². The van der Waals surface area contributed by atoms with E-state index in [9.17, 15) is 4.79 Å². The van der Waals surface area contributed by atoms with Crippen molar-refractivity contribution >= 4 is 18.3 Å². The summed E-state index contributed by atoms with van der Waals surface area (Å²) in [5, 5.41) is 0. The first-order valence-corrected chi connectivity index (χ1v) is 3.08. The second kappa shape index (κ2) is 2.33. The minimum absolute atomic E-state index is 0.120. The van der Waals surface area contributed by atoms with E-state index in [0.717, 1.165) is 18.5 Å². The molecule has 7 heavy (non-hydrogen) atoms. The van der Waals surface area contributed by atoms with Gasteiger partial charge in [0.1, 0.15) is 12.4 Å². The van der Waals surface area contributed by atoms with Crippen LogP contribution in [0.15, 0.2) is 0 Å². The monoisotopic (exact) mass is 118 g/mol. The minimum atomic E-state index is -0.120. The van der Waals surface area contributed by atoms with E-state index >= 15 is 0 Å². The molecule has 0 aromatic carbocycles. The molecule has 1 atom stereocenters. The quantitative estimate of drug-likeness (QED) is 0.373. The molecule has 0 amide bonds. The number of hydrogen-bond donors (Lipinski definition) is 0. The molecule has 1 aliphatic heterocycles. The molecule has 1 unspecified atom stereocenters. The van der Waals surface area contributed by atoms with Gasteiger partial charge in [-0.05, 0) is 18.5 Å². The average molecular weight is 118 g/mol. The van der Waals surface area contributed by atoms with Crippen molar-refractivity contribution in [2.75, 3.05) is 5.75 Å². The van der Waals surface area contributed by atoms with E-state index in [1.807, 2.05) is 0 Å². The predicted molar refractivity (Wildman–Crippen MR) is 28.0 cm³/mol. The maximum absolute atomic E-state index is 9.87. The van der Waals surface area contributed by atoms with E-state index in [4.69, 9.17) is 4.18 Å². The van der Waals surface area contributed by atoms with Crippen LogP contribution in [0.2, 0.25) is 0 Å². The fourth-order valence-corrected chi connectivity index (χ4v) is 1.18. The van der Waals surface area contributed by atoms with Crippen LogP contribution in [0.1, 0.15) is 6.42 Å². The Morgan fingerprint density at radius 2 is 2.71 bits per heavy atom. The highest BCUT2D eigenvalue weighted by molar-refractivity contribution is 7.94. The van der Waals surface area contributed by atoms with Gasteiger partial charge in [0.05, 0.1) is 0 Å². The van der Waals surface area contributed by atoms with Gasteiger partial charge in [-0.15, -0.1) is 0 Å². The molecule has 0 spiro atoms. The van der Waals surface area contributed by atoms with Crippen LogP contribution in [-0.2, 0) is 8.98 Å². The zero-order valence-corrected chi connectivity index (χ0v) is 4.61. The van der Waals surface area contributed by atoms with E-state index in [2.05, 4.69) is 0 Å². The summed E-state index contributed by atoms with van der Waals surface area (Å²) in [4.78, 5) is 9.87. The third kappa shape index (κ3) is 1.17. The first-order valence-electron chi connectivity index (χ1n) is 2.17. The molecule has 2 nitrogen and oxygen atoms in total. The number of aldehydes is 1. The summed E-state index contributed by atoms with van der Waals surface area (Å²) < 4.78 is 4.85. The van der Waals surface area contributed by atoms with Gasteiger partial charge >= 0.3 is 0 Å². The van der Waals surface area contributed by atoms with Crippen molar-refractivity contribution in [3.05, 3.63) is 0 Å². The lowest BCUT2D eigenvalue weighted by Crippen LogP contribution is -2.03. The Balaban J connectivity index is 2.26. The smallest absolute Gasteiger partial charge is 0.150 e. The Bertz CT molecular complexity index is 68.1. The van der Waals surface area contributed by atoms with Gasteiger partial charge in [-0.3, -0.25) is 0 Å². The molecule has 1 fully saturated rings. The number of carbonyl (C=O) groups excluding carboxylic acids is 1. The molecule has 40 valence electrons. The van der Waals surface area contributed by atoms with Crippen LogP contribution in [0.5, 0.6) is 0 Å². The molecular weight excluding hydrogens is 112 g/mol. The number of rotatable bonds is 1. The maximum atomic E-state index is 9.87. The number of hydrogen-bond acceptors (Lipinski definition) is 3. The van der Waals surface area contributed by atoms with E-state index in [1.165, 1.54) is 12.0 Å². The molecule has 1 saturated heterocycles. The lowest BCUT2D eigenvalue weighted by molar-refractivity contribution is -0.112. The molecule has 0 N–H and O–H groups in total. The molecule has 1 rings (SSSR count). The van der Waals surface area contributed by atoms with Crippen LogP contribution in [-0.4, -0.2) is 18.1 Å². The zero-order valence-electron chi connectivity index (χ0n) is 3.79. The average Bonchev–Trinajstić information content (AvgIpc) is 2.14. The largest absolute Gasteiger partial charge is 0.305 e. The Hall–Kier alpha value is -0.0200. The van der Waals surface area contributed by atoms with Gasteiger partial charge in [0.2, 0.25) is 0 Å². The molecule has 0 radical (unpaired) electrons. The summed E-state index contributed by atoms with van der Waals surface area (Å²) in [5.41, 5.74) is 0. The normalized spacial score (nSPS) is 30.6. The second-order valence-electron chi connectivity index (χ2n) is 1.38. The van der Waals surface area contributed by atoms with E-state index in [1.54, 1.807) is 0 Å². The summed E-state index contributed by atoms with van der Waals surface area (Å²) in [5.74, 6) is 0.962. The van der Waals surface area contributed by atoms with Crippen molar-refractivity contribution in [1.29, 1.82) is 0 Å². The Morgan fingerprint density at radius 1 is 1.86 bits per heavy atom. The summed E-state index contributed by atoms with van der Waals surface area (Å²) in [7, 11) is 0. The summed E-state index contributed by atoms with van der Waals surface area (Å²) >= 11 is 1.38. The van der Waals surface area contributed by atoms with Crippen molar-refractivity contribution in [2.45, 2.75) is 12.5 Å². The fourth-order valence-electron chi connectivity index (χ4n) is 0.439. The van der Waals surface area contributed by atoms with Gasteiger partial charge in [0.25, 0.3) is 0 Å². The van der Waals surface area contributed by atoms with Crippen LogP contribution in [0.3, 0.4) is 0 Å². The maximum Gasteiger partial charge on any atom is 0.150 e. The highest BCUT2D eigenvalue weighted by atomic mass is 32.2. The summed E-state index contributed by atoms with van der Waals surface area (Å²) in [6.07, 6.45) is 1.61. The molecule has 1 aliphatic rings. The third-order valence-corrected chi connectivity index (χ3v) is 1.61. The molecule has 0 saturated carbocycles. The molecule has 3 heteroatoms. The highest BCUT2D eigenvalue weighted by Gasteiger charge is 2.14. The van der Waals surface area contributed by atoms with Crippen molar-refractivity contribution in [2.24, 2.45) is 0 Å². The van der Waals surface area contributed by atoms with Crippen LogP contribution >= 0.6 is 12.0 Å². The summed E-state index contributed by atoms with van der Waals surface area (Å²) in [6, 6.07) is 0. The fraction of sp³-hybridized carbons (Fsp3) is 0.750. The summed E-state index contributed by atoms with van der Waals surface area (Å²) in [6.45, 7) is 0. The van der Waals surface area contributed by atoms with E-state index in [-0.39, 0.29) is 6.10 Å². The van der Waals surface area contributed by atoms with Gasteiger partial charge in [-0.2, -0.15) is 0 Å². The minimum Gasteiger partial charge on any atom is -0.305 e. The van der Waals surface area contributed by atoms with Crippen molar-refractivity contribution < 1.29 is 8.98 Å². The predicted octanol–water partition coefficient (Wildman–Crippen LogP) is 0.622. The topological polar surface area (TPSA) is 26.3 Å². The Kier molecular flexibility index (Phi) is 1.70. The van der Waals surface area contributed by atoms with Crippen LogP contribution in [0.4, 0.5) is 0 Å². The third-order valence-electron chi connectivity index (χ3n) is 0.829. The van der Waals surface area contributed by atoms with Crippen LogP contribution in [0, 0.1) is 0 Å². The van der Waals surface area contributed by atoms with Crippen LogP contribution < -0.4 is 0 Å². The molecule has 0 aliphatic carbocycles. The molecule has 1 heterocycles. The van der Waals surface area contributed by atoms with Crippen molar-refractivity contribution in [3.63, 3.8) is 0 Å². The first kappa shape index (κ1) is 5.12. The Labute approximate surface area is 46.4 Å². The van der Waals surface area contributed by atoms with Gasteiger partial charge in [0, 0.05) is 5.75 Å². The van der Waals surface area contributed by atoms with Gasteiger partial charge in [-0.1, -0.05) is 0 Å². The second-order valence-corrected chi connectivity index (χ2v) is 2.22. The van der Waals surface area contributed by atoms with Crippen molar-refractivity contribution in [1.82, 2.24) is 0 Å². The van der Waals surface area contributed by atoms with Gasteiger partial charge in [0.15, 0.2) is 0 Å². The van der Waals surface area contributed by atoms with E-state index < -0.39 is 0 Å². The first-order chi connectivity index (χ1) is 3.43. The molecule has 0 aromatic heterocycles. The molecular formula is C4H6O2S. The lowest BCUT2D eigenvalue weighted by Gasteiger charge is -1.90. The molecule has 0 aromatic rings. The highest BCUT2D eigenvalue weighted by Crippen LogP contribution is 2.18. The Morgan fingerprint density at radius 3 is 3.00 bits per heavy atom. The standard InChI is InChI=1S/C4H6O2S/c5-3-4-1-2-7-6-4/h3-4H,1-2H2. The zero-order chi connectivity index (χ0) is 5.11. The van der Waals surface area contributed by atoms with Crippen molar-refractivity contribution in [3.8, 4) is 0 Å². The van der Waals surface area contributed by atoms with E-state index in [0.29, 0.717) is 0 Å². The lowest BCUT2D eigenvalue weighted by atomic mass is 10.3. The molecule has 0 bridgehead atoms. The number of carbonyl (C=O) groups is 1. The SMILES string of the molecule is O=CC1CCSO1. The van der Waals surface area contributed by atoms with Gasteiger partial charge in [-0.25, -0.2) is 0 Å². The van der Waals surface area contributed by atoms with Gasteiger partial charge < -0.3 is 8.98 Å².